The first-order valence-corrected chi connectivity index (χ1v) is 2.10. The van der Waals surface area contributed by atoms with Crippen LogP contribution in [0.5, 0.6) is 0 Å². The lowest BCUT2D eigenvalue weighted by molar-refractivity contribution is 0.659. The van der Waals surface area contributed by atoms with E-state index in [2.05, 4.69) is 16.1 Å². The molecule has 0 radical (unpaired) electrons. The molecule has 1 heterocycles. The molecule has 0 spiro atoms. The third-order valence-corrected chi connectivity index (χ3v) is 0.697. The number of hydrazine groups is 1. The molecule has 0 aromatic heterocycles. The Morgan fingerprint density at radius 2 is 2.57 bits per heavy atom. The second-order valence-electron chi connectivity index (χ2n) is 1.40. The molecule has 1 aliphatic heterocycles. The third kappa shape index (κ3) is 0.924. The first-order chi connectivity index (χ1) is 3.39. The topological polar surface area (TPSA) is 36.4 Å². The van der Waals surface area contributed by atoms with Gasteiger partial charge >= 0.3 is 0 Å². The van der Waals surface area contributed by atoms with Crippen LogP contribution in [0, 0.1) is 0 Å². The number of allylic oxidation sites excluding steroid dienone is 1. The maximum atomic E-state index is 3.70. The van der Waals surface area contributed by atoms with Crippen molar-refractivity contribution in [2.45, 2.75) is 6.92 Å². The molecular weight excluding hydrogens is 90.1 g/mol. The summed E-state index contributed by atoms with van der Waals surface area (Å²) in [6.07, 6.45) is 3.59. The number of nitrogens with one attached hydrogen (secondary N) is 2. The van der Waals surface area contributed by atoms with E-state index in [1.54, 1.807) is 6.21 Å². The molecule has 1 rings (SSSR count). The molecule has 0 fully saturated rings. The van der Waals surface area contributed by atoms with Crippen LogP contribution in [-0.2, 0) is 0 Å². The lowest BCUT2D eigenvalue weighted by atomic mass is 10.4. The fourth-order valence-corrected chi connectivity index (χ4v) is 0.355. The highest BCUT2D eigenvalue weighted by atomic mass is 15.6. The Kier molecular flexibility index (Phi) is 0.978. The lowest BCUT2D eigenvalue weighted by Crippen LogP contribution is -2.24. The van der Waals surface area contributed by atoms with Gasteiger partial charge in [-0.25, -0.2) is 5.53 Å². The number of hydrogen-bond acceptors (Lipinski definition) is 3. The van der Waals surface area contributed by atoms with E-state index in [0.717, 1.165) is 5.57 Å². The number of nitrogens with zero attached hydrogens (tertiary/aromatic N) is 1. The Labute approximate surface area is 42.1 Å². The van der Waals surface area contributed by atoms with Gasteiger partial charge in [0.25, 0.3) is 0 Å². The highest BCUT2D eigenvalue weighted by molar-refractivity contribution is 5.77. The van der Waals surface area contributed by atoms with E-state index >= 15 is 0 Å². The van der Waals surface area contributed by atoms with E-state index in [4.69, 9.17) is 0 Å². The normalized spacial score (nSPS) is 17.0. The van der Waals surface area contributed by atoms with E-state index in [1.807, 2.05) is 13.1 Å². The molecule has 0 aromatic carbocycles. The summed E-state index contributed by atoms with van der Waals surface area (Å²) in [7, 11) is 0. The molecule has 0 aliphatic carbocycles. The number of hydrazone groups is 1. The highest BCUT2D eigenvalue weighted by Crippen LogP contribution is 1.84. The average Bonchev–Trinajstić information content (AvgIpc) is 1.69. The van der Waals surface area contributed by atoms with Crippen molar-refractivity contribution in [3.8, 4) is 0 Å². The minimum atomic E-state index is 1.12. The first kappa shape index (κ1) is 4.18. The second kappa shape index (κ2) is 1.64. The lowest BCUT2D eigenvalue weighted by Gasteiger charge is -2.02. The van der Waals surface area contributed by atoms with Gasteiger partial charge in [-0.1, -0.05) is 0 Å². The fourth-order valence-electron chi connectivity index (χ4n) is 0.355. The van der Waals surface area contributed by atoms with Gasteiger partial charge in [-0.15, -0.1) is 0 Å². The molecule has 0 atom stereocenters. The van der Waals surface area contributed by atoms with Crippen molar-refractivity contribution in [1.29, 1.82) is 0 Å². The van der Waals surface area contributed by atoms with E-state index in [1.165, 1.54) is 0 Å². The van der Waals surface area contributed by atoms with Gasteiger partial charge in [0.2, 0.25) is 0 Å². The van der Waals surface area contributed by atoms with Gasteiger partial charge in [0.1, 0.15) is 0 Å². The Morgan fingerprint density at radius 3 is 2.86 bits per heavy atom. The molecule has 3 nitrogen and oxygen atoms in total. The molecule has 0 saturated carbocycles. The van der Waals surface area contributed by atoms with Crippen molar-refractivity contribution in [3.63, 3.8) is 0 Å². The summed E-state index contributed by atoms with van der Waals surface area (Å²) in [5, 5.41) is 3.70. The zero-order chi connectivity index (χ0) is 5.11. The first-order valence-electron chi connectivity index (χ1n) is 2.10. The van der Waals surface area contributed by atoms with Gasteiger partial charge in [0.05, 0.1) is 6.21 Å². The Hall–Kier alpha value is -0.990. The molecule has 0 saturated heterocycles. The molecule has 1 aliphatic rings. The summed E-state index contributed by atoms with van der Waals surface area (Å²) in [6.45, 7) is 1.97. The zero-order valence-corrected chi connectivity index (χ0v) is 4.10. The van der Waals surface area contributed by atoms with Crippen molar-refractivity contribution >= 4 is 6.21 Å². The quantitative estimate of drug-likeness (QED) is 0.446. The molecule has 0 amide bonds. The van der Waals surface area contributed by atoms with Crippen LogP contribution in [0.2, 0.25) is 0 Å². The van der Waals surface area contributed by atoms with E-state index < -0.39 is 0 Å². The van der Waals surface area contributed by atoms with Gasteiger partial charge in [0, 0.05) is 6.20 Å². The van der Waals surface area contributed by atoms with Crippen LogP contribution in [0.4, 0.5) is 0 Å². The van der Waals surface area contributed by atoms with Gasteiger partial charge in [-0.3, -0.25) is 5.43 Å². The predicted octanol–water partition coefficient (Wildman–Crippen LogP) is -0.0162. The van der Waals surface area contributed by atoms with Crippen LogP contribution < -0.4 is 11.0 Å². The zero-order valence-electron chi connectivity index (χ0n) is 4.10. The number of hydrogen-bond donors (Lipinski definition) is 2. The van der Waals surface area contributed by atoms with E-state index in [9.17, 15) is 0 Å². The largest absolute Gasteiger partial charge is 0.292 e. The average molecular weight is 97.1 g/mol. The molecule has 7 heavy (non-hydrogen) atoms. The Morgan fingerprint density at radius 1 is 1.71 bits per heavy atom. The second-order valence-corrected chi connectivity index (χ2v) is 1.40. The van der Waals surface area contributed by atoms with Gasteiger partial charge in [-0.2, -0.15) is 5.10 Å². The molecular formula is C4H7N3. The summed E-state index contributed by atoms with van der Waals surface area (Å²) >= 11 is 0. The minimum Gasteiger partial charge on any atom is -0.292 e. The van der Waals surface area contributed by atoms with Crippen LogP contribution in [0.15, 0.2) is 16.9 Å². The van der Waals surface area contributed by atoms with Crippen molar-refractivity contribution in [2.75, 3.05) is 0 Å². The summed E-state index contributed by atoms with van der Waals surface area (Å²) in [5.41, 5.74) is 6.41. The SMILES string of the molecule is CC1=CNNN=C1. The maximum Gasteiger partial charge on any atom is 0.0532 e. The molecule has 38 valence electrons. The van der Waals surface area contributed by atoms with Crippen LogP contribution in [0.25, 0.3) is 0 Å². The van der Waals surface area contributed by atoms with Gasteiger partial charge < -0.3 is 0 Å². The van der Waals surface area contributed by atoms with Crippen LogP contribution in [-0.4, -0.2) is 6.21 Å². The summed E-state index contributed by atoms with van der Waals surface area (Å²) in [5.74, 6) is 0. The van der Waals surface area contributed by atoms with Crippen molar-refractivity contribution < 1.29 is 0 Å². The number of rotatable bonds is 0. The van der Waals surface area contributed by atoms with Crippen molar-refractivity contribution in [1.82, 2.24) is 11.0 Å². The molecule has 2 N–H and O–H groups in total. The summed E-state index contributed by atoms with van der Waals surface area (Å²) in [4.78, 5) is 0. The fraction of sp³-hybridized carbons (Fsp3) is 0.250. The summed E-state index contributed by atoms with van der Waals surface area (Å²) in [6, 6.07) is 0. The van der Waals surface area contributed by atoms with Crippen LogP contribution >= 0.6 is 0 Å². The highest BCUT2D eigenvalue weighted by Gasteiger charge is 1.83. The monoisotopic (exact) mass is 97.1 g/mol. The van der Waals surface area contributed by atoms with Gasteiger partial charge in [0.15, 0.2) is 0 Å². The van der Waals surface area contributed by atoms with Gasteiger partial charge in [-0.05, 0) is 12.5 Å². The predicted molar refractivity (Wildman–Crippen MR) is 28.5 cm³/mol. The molecule has 0 unspecified atom stereocenters. The Bertz CT molecular complexity index is 114. The maximum absolute atomic E-state index is 3.70. The van der Waals surface area contributed by atoms with Crippen molar-refractivity contribution in [2.24, 2.45) is 5.10 Å². The molecule has 0 bridgehead atoms. The Balaban J connectivity index is 2.58. The minimum absolute atomic E-state index is 1.12. The van der Waals surface area contributed by atoms with E-state index in [0.29, 0.717) is 0 Å². The third-order valence-electron chi connectivity index (χ3n) is 0.697. The van der Waals surface area contributed by atoms with Crippen LogP contribution in [0.3, 0.4) is 0 Å². The van der Waals surface area contributed by atoms with E-state index in [-0.39, 0.29) is 0 Å². The van der Waals surface area contributed by atoms with Crippen molar-refractivity contribution in [3.05, 3.63) is 11.8 Å². The molecule has 3 heteroatoms. The smallest absolute Gasteiger partial charge is 0.0532 e. The molecule has 0 aromatic rings. The van der Waals surface area contributed by atoms with Crippen LogP contribution in [0.1, 0.15) is 6.92 Å². The summed E-state index contributed by atoms with van der Waals surface area (Å²) < 4.78 is 0. The standard InChI is InChI=1S/C4H7N3/c1-4-2-5-7-6-3-4/h2-3,5,7H,1H3.